The summed E-state index contributed by atoms with van der Waals surface area (Å²) in [5.41, 5.74) is 1.26. The molecule has 2 heterocycles. The second-order valence-electron chi connectivity index (χ2n) is 4.68. The molecule has 0 spiro atoms. The smallest absolute Gasteiger partial charge is 0.231 e. The van der Waals surface area contributed by atoms with E-state index in [0.717, 1.165) is 48.7 Å². The molecule has 0 bridgehead atoms. The molecule has 0 atom stereocenters. The Hall–Kier alpha value is -0.780. The number of fused-ring (bicyclic) bond motifs is 1. The fourth-order valence-electron chi connectivity index (χ4n) is 2.38. The van der Waals surface area contributed by atoms with E-state index in [1.807, 2.05) is 6.07 Å². The Kier molecular flexibility index (Phi) is 3.72. The van der Waals surface area contributed by atoms with Crippen LogP contribution in [-0.4, -0.2) is 37.9 Å². The molecule has 98 valence electrons. The van der Waals surface area contributed by atoms with Gasteiger partial charge in [0.1, 0.15) is 0 Å². The van der Waals surface area contributed by atoms with E-state index in [-0.39, 0.29) is 0 Å². The Labute approximate surface area is 115 Å². The molecular weight excluding hydrogens is 296 g/mol. The van der Waals surface area contributed by atoms with Crippen molar-refractivity contribution in [2.75, 3.05) is 33.0 Å². The summed E-state index contributed by atoms with van der Waals surface area (Å²) in [4.78, 5) is 2.47. The van der Waals surface area contributed by atoms with Gasteiger partial charge in [-0.05, 0) is 37.2 Å². The summed E-state index contributed by atoms with van der Waals surface area (Å²) < 4.78 is 11.9. The first-order chi connectivity index (χ1) is 8.83. The van der Waals surface area contributed by atoms with Gasteiger partial charge in [-0.3, -0.25) is 4.90 Å². The molecule has 5 heteroatoms. The van der Waals surface area contributed by atoms with Crippen LogP contribution in [0.25, 0.3) is 0 Å². The highest BCUT2D eigenvalue weighted by atomic mass is 79.9. The van der Waals surface area contributed by atoms with Crippen LogP contribution >= 0.6 is 15.9 Å². The Morgan fingerprint density at radius 3 is 2.89 bits per heavy atom. The normalized spacial score (nSPS) is 19.8. The van der Waals surface area contributed by atoms with Gasteiger partial charge in [-0.2, -0.15) is 0 Å². The van der Waals surface area contributed by atoms with Crippen molar-refractivity contribution >= 4 is 15.9 Å². The Morgan fingerprint density at radius 1 is 1.17 bits per heavy atom. The van der Waals surface area contributed by atoms with Gasteiger partial charge >= 0.3 is 0 Å². The van der Waals surface area contributed by atoms with Crippen LogP contribution in [0.1, 0.15) is 12.0 Å². The van der Waals surface area contributed by atoms with E-state index in [9.17, 15) is 0 Å². The van der Waals surface area contributed by atoms with E-state index < -0.39 is 0 Å². The maximum Gasteiger partial charge on any atom is 0.231 e. The zero-order valence-electron chi connectivity index (χ0n) is 10.2. The number of hydrogen-bond donors (Lipinski definition) is 1. The highest BCUT2D eigenvalue weighted by Gasteiger charge is 2.18. The number of rotatable bonds is 2. The highest BCUT2D eigenvalue weighted by Crippen LogP contribution is 2.37. The second kappa shape index (κ2) is 5.47. The van der Waals surface area contributed by atoms with Crippen molar-refractivity contribution in [3.63, 3.8) is 0 Å². The van der Waals surface area contributed by atoms with Crippen LogP contribution in [0.15, 0.2) is 16.6 Å². The summed E-state index contributed by atoms with van der Waals surface area (Å²) in [6, 6.07) is 4.10. The van der Waals surface area contributed by atoms with Crippen molar-refractivity contribution in [2.24, 2.45) is 0 Å². The lowest BCUT2D eigenvalue weighted by molar-refractivity contribution is 0.174. The van der Waals surface area contributed by atoms with E-state index in [1.54, 1.807) is 0 Å². The minimum atomic E-state index is 0.332. The summed E-state index contributed by atoms with van der Waals surface area (Å²) in [7, 11) is 0. The van der Waals surface area contributed by atoms with Crippen molar-refractivity contribution < 1.29 is 9.47 Å². The molecule has 0 unspecified atom stereocenters. The minimum Gasteiger partial charge on any atom is -0.454 e. The molecule has 0 aliphatic carbocycles. The fourth-order valence-corrected chi connectivity index (χ4v) is 2.83. The average molecular weight is 313 g/mol. The van der Waals surface area contributed by atoms with E-state index in [0.29, 0.717) is 6.79 Å². The quantitative estimate of drug-likeness (QED) is 0.905. The molecular formula is C13H17BrN2O2. The predicted molar refractivity (Wildman–Crippen MR) is 73.0 cm³/mol. The molecule has 2 aliphatic heterocycles. The first-order valence-electron chi connectivity index (χ1n) is 6.34. The number of hydrogen-bond acceptors (Lipinski definition) is 4. The van der Waals surface area contributed by atoms with Crippen LogP contribution in [-0.2, 0) is 6.54 Å². The van der Waals surface area contributed by atoms with Crippen molar-refractivity contribution in [2.45, 2.75) is 13.0 Å². The first-order valence-corrected chi connectivity index (χ1v) is 7.13. The number of benzene rings is 1. The highest BCUT2D eigenvalue weighted by molar-refractivity contribution is 9.10. The third-order valence-corrected chi connectivity index (χ3v) is 4.11. The van der Waals surface area contributed by atoms with Gasteiger partial charge in [0.25, 0.3) is 0 Å². The first kappa shape index (κ1) is 12.3. The number of nitrogens with zero attached hydrogens (tertiary/aromatic N) is 1. The molecule has 1 saturated heterocycles. The largest absolute Gasteiger partial charge is 0.454 e. The van der Waals surface area contributed by atoms with Crippen molar-refractivity contribution in [3.05, 3.63) is 22.2 Å². The summed E-state index contributed by atoms with van der Waals surface area (Å²) in [6.07, 6.45) is 1.21. The van der Waals surface area contributed by atoms with Crippen molar-refractivity contribution in [3.8, 4) is 11.5 Å². The van der Waals surface area contributed by atoms with Gasteiger partial charge in [0.15, 0.2) is 11.5 Å². The summed E-state index contributed by atoms with van der Waals surface area (Å²) >= 11 is 3.62. The third-order valence-electron chi connectivity index (χ3n) is 3.37. The lowest BCUT2D eigenvalue weighted by atomic mass is 10.2. The zero-order valence-corrected chi connectivity index (χ0v) is 11.8. The zero-order chi connectivity index (χ0) is 12.4. The molecule has 4 nitrogen and oxygen atoms in total. The lowest BCUT2D eigenvalue weighted by Crippen LogP contribution is -2.27. The average Bonchev–Trinajstić information content (AvgIpc) is 2.65. The molecule has 1 N–H and O–H groups in total. The molecule has 0 radical (unpaired) electrons. The van der Waals surface area contributed by atoms with Crippen LogP contribution in [0.2, 0.25) is 0 Å². The summed E-state index contributed by atoms with van der Waals surface area (Å²) in [6.45, 7) is 5.73. The fraction of sp³-hybridized carbons (Fsp3) is 0.538. The number of ether oxygens (including phenoxy) is 2. The van der Waals surface area contributed by atoms with Gasteiger partial charge in [-0.25, -0.2) is 0 Å². The number of nitrogens with one attached hydrogen (secondary N) is 1. The maximum atomic E-state index is 5.43. The van der Waals surface area contributed by atoms with Crippen LogP contribution in [0.3, 0.4) is 0 Å². The van der Waals surface area contributed by atoms with E-state index in [4.69, 9.17) is 9.47 Å². The molecule has 1 fully saturated rings. The van der Waals surface area contributed by atoms with Gasteiger partial charge in [0, 0.05) is 24.1 Å². The van der Waals surface area contributed by atoms with Crippen LogP contribution in [0, 0.1) is 0 Å². The van der Waals surface area contributed by atoms with Crippen LogP contribution < -0.4 is 14.8 Å². The van der Waals surface area contributed by atoms with Crippen LogP contribution in [0.4, 0.5) is 0 Å². The molecule has 2 aliphatic rings. The van der Waals surface area contributed by atoms with Gasteiger partial charge in [0.05, 0.1) is 0 Å². The SMILES string of the molecule is Brc1cc2c(cc1CN1CCCNCC1)OCO2. The Morgan fingerprint density at radius 2 is 2.00 bits per heavy atom. The summed E-state index contributed by atoms with van der Waals surface area (Å²) in [5.74, 6) is 1.70. The topological polar surface area (TPSA) is 33.7 Å². The lowest BCUT2D eigenvalue weighted by Gasteiger charge is -2.20. The predicted octanol–water partition coefficient (Wildman–Crippen LogP) is 1.97. The molecule has 0 aromatic heterocycles. The molecule has 0 saturated carbocycles. The van der Waals surface area contributed by atoms with Crippen molar-refractivity contribution in [1.29, 1.82) is 0 Å². The monoisotopic (exact) mass is 312 g/mol. The van der Waals surface area contributed by atoms with Crippen LogP contribution in [0.5, 0.6) is 11.5 Å². The molecule has 0 amide bonds. The van der Waals surface area contributed by atoms with E-state index in [2.05, 4.69) is 32.2 Å². The van der Waals surface area contributed by atoms with Gasteiger partial charge in [-0.1, -0.05) is 15.9 Å². The molecule has 1 aromatic carbocycles. The maximum absolute atomic E-state index is 5.43. The molecule has 1 aromatic rings. The Balaban J connectivity index is 1.75. The van der Waals surface area contributed by atoms with Gasteiger partial charge in [-0.15, -0.1) is 0 Å². The molecule has 3 rings (SSSR count). The summed E-state index contributed by atoms with van der Waals surface area (Å²) in [5, 5.41) is 3.42. The Bertz CT molecular complexity index is 431. The van der Waals surface area contributed by atoms with Gasteiger partial charge in [0.2, 0.25) is 6.79 Å². The van der Waals surface area contributed by atoms with E-state index >= 15 is 0 Å². The van der Waals surface area contributed by atoms with E-state index in [1.165, 1.54) is 12.0 Å². The third kappa shape index (κ3) is 2.63. The minimum absolute atomic E-state index is 0.332. The molecule has 18 heavy (non-hydrogen) atoms. The second-order valence-corrected chi connectivity index (χ2v) is 5.53. The van der Waals surface area contributed by atoms with Gasteiger partial charge < -0.3 is 14.8 Å². The van der Waals surface area contributed by atoms with Crippen molar-refractivity contribution in [1.82, 2.24) is 10.2 Å². The standard InChI is InChI=1S/C13H17BrN2O2/c14-11-7-13-12(17-9-18-13)6-10(11)8-16-4-1-2-15-3-5-16/h6-7,15H,1-5,8-9H2. The number of halogens is 1.